The summed E-state index contributed by atoms with van der Waals surface area (Å²) in [6.07, 6.45) is 3.46. The maximum absolute atomic E-state index is 12.4. The molecule has 0 heterocycles. The van der Waals surface area contributed by atoms with E-state index in [1.54, 1.807) is 32.3 Å². The van der Waals surface area contributed by atoms with Crippen LogP contribution < -0.4 is 4.74 Å². The number of hydrogen-bond donors (Lipinski definition) is 0. The number of nitrogens with zero attached hydrogens (tertiary/aromatic N) is 1. The van der Waals surface area contributed by atoms with E-state index in [0.717, 1.165) is 22.4 Å². The minimum Gasteiger partial charge on any atom is -0.497 e. The van der Waals surface area contributed by atoms with Crippen molar-refractivity contribution in [3.63, 3.8) is 0 Å². The zero-order valence-corrected chi connectivity index (χ0v) is 14.7. The van der Waals surface area contributed by atoms with E-state index in [0.29, 0.717) is 26.3 Å². The van der Waals surface area contributed by atoms with E-state index >= 15 is 0 Å². The Balaban J connectivity index is 2.86. The summed E-state index contributed by atoms with van der Waals surface area (Å²) in [6, 6.07) is 3.93. The van der Waals surface area contributed by atoms with E-state index in [-0.39, 0.29) is 5.91 Å². The van der Waals surface area contributed by atoms with E-state index in [9.17, 15) is 4.79 Å². The van der Waals surface area contributed by atoms with Gasteiger partial charge in [0.2, 0.25) is 5.91 Å². The SMILES string of the molecule is COCCN(CCOC)C(=O)/C=C/c1c(C)cc(OC)cc1C. The van der Waals surface area contributed by atoms with Gasteiger partial charge < -0.3 is 19.1 Å². The molecule has 5 nitrogen and oxygen atoms in total. The second-order valence-corrected chi connectivity index (χ2v) is 5.32. The van der Waals surface area contributed by atoms with Gasteiger partial charge in [-0.3, -0.25) is 4.79 Å². The van der Waals surface area contributed by atoms with Crippen molar-refractivity contribution in [1.82, 2.24) is 4.90 Å². The molecule has 128 valence electrons. The summed E-state index contributed by atoms with van der Waals surface area (Å²) in [6.45, 7) is 6.11. The zero-order valence-electron chi connectivity index (χ0n) is 14.7. The van der Waals surface area contributed by atoms with E-state index in [1.165, 1.54) is 0 Å². The molecule has 1 aromatic rings. The Morgan fingerprint density at radius 3 is 2.00 bits per heavy atom. The summed E-state index contributed by atoms with van der Waals surface area (Å²) >= 11 is 0. The highest BCUT2D eigenvalue weighted by molar-refractivity contribution is 5.92. The predicted molar refractivity (Wildman–Crippen MR) is 91.8 cm³/mol. The van der Waals surface area contributed by atoms with Gasteiger partial charge in [0.25, 0.3) is 0 Å². The van der Waals surface area contributed by atoms with Gasteiger partial charge in [-0.15, -0.1) is 0 Å². The van der Waals surface area contributed by atoms with E-state index in [1.807, 2.05) is 32.1 Å². The molecule has 0 aliphatic carbocycles. The summed E-state index contributed by atoms with van der Waals surface area (Å²) in [5, 5.41) is 0. The van der Waals surface area contributed by atoms with E-state index in [2.05, 4.69) is 0 Å². The molecule has 0 aliphatic heterocycles. The molecule has 0 aliphatic rings. The fraction of sp³-hybridized carbons (Fsp3) is 0.500. The van der Waals surface area contributed by atoms with Crippen LogP contribution in [0.25, 0.3) is 6.08 Å². The van der Waals surface area contributed by atoms with Gasteiger partial charge in [-0.05, 0) is 48.7 Å². The van der Waals surface area contributed by atoms with Crippen LogP contribution in [0, 0.1) is 13.8 Å². The highest BCUT2D eigenvalue weighted by atomic mass is 16.5. The third-order valence-electron chi connectivity index (χ3n) is 3.64. The molecular formula is C18H27NO4. The number of carbonyl (C=O) groups excluding carboxylic acids is 1. The van der Waals surface area contributed by atoms with Crippen LogP contribution in [-0.2, 0) is 14.3 Å². The lowest BCUT2D eigenvalue weighted by molar-refractivity contribution is -0.127. The van der Waals surface area contributed by atoms with Crippen LogP contribution in [-0.4, -0.2) is 58.4 Å². The molecule has 0 saturated carbocycles. The lowest BCUT2D eigenvalue weighted by Gasteiger charge is -2.20. The van der Waals surface area contributed by atoms with Crippen molar-refractivity contribution in [2.24, 2.45) is 0 Å². The van der Waals surface area contributed by atoms with Gasteiger partial charge in [-0.1, -0.05) is 0 Å². The zero-order chi connectivity index (χ0) is 17.2. The average molecular weight is 321 g/mol. The van der Waals surface area contributed by atoms with Crippen molar-refractivity contribution in [2.45, 2.75) is 13.8 Å². The first-order valence-electron chi connectivity index (χ1n) is 7.63. The Hall–Kier alpha value is -1.85. The number of benzene rings is 1. The van der Waals surface area contributed by atoms with Crippen LogP contribution in [0.3, 0.4) is 0 Å². The van der Waals surface area contributed by atoms with Crippen molar-refractivity contribution in [1.29, 1.82) is 0 Å². The molecule has 23 heavy (non-hydrogen) atoms. The Morgan fingerprint density at radius 2 is 1.57 bits per heavy atom. The Bertz CT molecular complexity index is 509. The standard InChI is InChI=1S/C18H27NO4/c1-14-12-16(23-5)13-15(2)17(14)6-7-18(20)19(8-10-21-3)9-11-22-4/h6-7,12-13H,8-11H2,1-5H3/b7-6+. The average Bonchev–Trinajstić information content (AvgIpc) is 2.53. The van der Waals surface area contributed by atoms with Gasteiger partial charge >= 0.3 is 0 Å². The molecule has 1 rings (SSSR count). The monoisotopic (exact) mass is 321 g/mol. The maximum atomic E-state index is 12.4. The molecule has 1 aromatic carbocycles. The molecule has 0 aromatic heterocycles. The smallest absolute Gasteiger partial charge is 0.246 e. The number of amides is 1. The van der Waals surface area contributed by atoms with Crippen LogP contribution >= 0.6 is 0 Å². The highest BCUT2D eigenvalue weighted by Crippen LogP contribution is 2.22. The maximum Gasteiger partial charge on any atom is 0.246 e. The minimum absolute atomic E-state index is 0.0475. The molecular weight excluding hydrogens is 294 g/mol. The second kappa shape index (κ2) is 10.0. The second-order valence-electron chi connectivity index (χ2n) is 5.32. The summed E-state index contributed by atoms with van der Waals surface area (Å²) < 4.78 is 15.4. The molecule has 0 bridgehead atoms. The van der Waals surface area contributed by atoms with Gasteiger partial charge in [-0.2, -0.15) is 0 Å². The third kappa shape index (κ3) is 6.04. The molecule has 0 saturated heterocycles. The van der Waals surface area contributed by atoms with Crippen molar-refractivity contribution in [3.8, 4) is 5.75 Å². The van der Waals surface area contributed by atoms with Gasteiger partial charge in [0.15, 0.2) is 0 Å². The Labute approximate surface area is 138 Å². The first-order valence-corrected chi connectivity index (χ1v) is 7.63. The van der Waals surface area contributed by atoms with Crippen molar-refractivity contribution in [3.05, 3.63) is 34.9 Å². The first-order chi connectivity index (χ1) is 11.0. The normalized spacial score (nSPS) is 11.0. The van der Waals surface area contributed by atoms with Gasteiger partial charge in [0, 0.05) is 33.4 Å². The summed E-state index contributed by atoms with van der Waals surface area (Å²) in [5.41, 5.74) is 3.19. The van der Waals surface area contributed by atoms with Crippen molar-refractivity contribution >= 4 is 12.0 Å². The highest BCUT2D eigenvalue weighted by Gasteiger charge is 2.10. The van der Waals surface area contributed by atoms with Crippen LogP contribution in [0.5, 0.6) is 5.75 Å². The van der Waals surface area contributed by atoms with E-state index < -0.39 is 0 Å². The Morgan fingerprint density at radius 1 is 1.04 bits per heavy atom. The lowest BCUT2D eigenvalue weighted by Crippen LogP contribution is -2.35. The number of methoxy groups -OCH3 is 3. The molecule has 5 heteroatoms. The fourth-order valence-corrected chi connectivity index (χ4v) is 2.31. The molecule has 0 atom stereocenters. The first kappa shape index (κ1) is 19.2. The van der Waals surface area contributed by atoms with Crippen LogP contribution in [0.15, 0.2) is 18.2 Å². The van der Waals surface area contributed by atoms with Crippen molar-refractivity contribution in [2.75, 3.05) is 47.6 Å². The van der Waals surface area contributed by atoms with Crippen LogP contribution in [0.2, 0.25) is 0 Å². The molecule has 0 N–H and O–H groups in total. The largest absolute Gasteiger partial charge is 0.497 e. The molecule has 0 spiro atoms. The summed E-state index contributed by atoms with van der Waals surface area (Å²) in [7, 11) is 4.90. The van der Waals surface area contributed by atoms with Crippen LogP contribution in [0.4, 0.5) is 0 Å². The van der Waals surface area contributed by atoms with Crippen molar-refractivity contribution < 1.29 is 19.0 Å². The molecule has 1 amide bonds. The summed E-state index contributed by atoms with van der Waals surface area (Å²) in [4.78, 5) is 14.1. The predicted octanol–water partition coefficient (Wildman–Crippen LogP) is 2.45. The molecule has 0 radical (unpaired) electrons. The number of aryl methyl sites for hydroxylation is 2. The molecule has 0 fully saturated rings. The fourth-order valence-electron chi connectivity index (χ4n) is 2.31. The minimum atomic E-state index is -0.0475. The van der Waals surface area contributed by atoms with E-state index in [4.69, 9.17) is 14.2 Å². The summed E-state index contributed by atoms with van der Waals surface area (Å²) in [5.74, 6) is 0.777. The number of carbonyl (C=O) groups is 1. The lowest BCUT2D eigenvalue weighted by atomic mass is 10.0. The van der Waals surface area contributed by atoms with Gasteiger partial charge in [0.1, 0.15) is 5.75 Å². The quantitative estimate of drug-likeness (QED) is 0.656. The van der Waals surface area contributed by atoms with Gasteiger partial charge in [-0.25, -0.2) is 0 Å². The number of ether oxygens (including phenoxy) is 3. The van der Waals surface area contributed by atoms with Gasteiger partial charge in [0.05, 0.1) is 20.3 Å². The molecule has 0 unspecified atom stereocenters. The number of hydrogen-bond acceptors (Lipinski definition) is 4. The van der Waals surface area contributed by atoms with Crippen LogP contribution in [0.1, 0.15) is 16.7 Å². The Kier molecular flexibility index (Phi) is 8.37. The third-order valence-corrected chi connectivity index (χ3v) is 3.64. The number of rotatable bonds is 9. The topological polar surface area (TPSA) is 48.0 Å².